The highest BCUT2D eigenvalue weighted by Crippen LogP contribution is 2.30. The number of nitrogens with one attached hydrogen (secondary N) is 1. The third-order valence-electron chi connectivity index (χ3n) is 4.78. The molecular formula is C22H17ClN4. The molecule has 5 heteroatoms. The van der Waals surface area contributed by atoms with Gasteiger partial charge < -0.3 is 5.32 Å². The molecule has 1 aliphatic rings. The fourth-order valence-corrected chi connectivity index (χ4v) is 3.62. The van der Waals surface area contributed by atoms with E-state index in [1.54, 1.807) is 0 Å². The molecule has 1 unspecified atom stereocenters. The summed E-state index contributed by atoms with van der Waals surface area (Å²) in [6.45, 7) is 0. The molecule has 0 aliphatic carbocycles. The van der Waals surface area contributed by atoms with Gasteiger partial charge in [-0.15, -0.1) is 0 Å². The summed E-state index contributed by atoms with van der Waals surface area (Å²) in [5, 5.41) is 4.20. The fraction of sp³-hybridized carbons (Fsp3) is 0.0909. The van der Waals surface area contributed by atoms with Crippen LogP contribution in [0.15, 0.2) is 83.9 Å². The molecule has 0 spiro atoms. The van der Waals surface area contributed by atoms with Crippen molar-refractivity contribution in [3.05, 3.63) is 95.3 Å². The second-order valence-corrected chi connectivity index (χ2v) is 7.00. The maximum absolute atomic E-state index is 6.06. The average Bonchev–Trinajstić information content (AvgIpc) is 3.08. The molecular weight excluding hydrogens is 356 g/mol. The first-order valence-corrected chi connectivity index (χ1v) is 9.28. The summed E-state index contributed by atoms with van der Waals surface area (Å²) >= 11 is 6.06. The first-order chi connectivity index (χ1) is 13.3. The summed E-state index contributed by atoms with van der Waals surface area (Å²) in [5.41, 5.74) is 4.16. The molecule has 1 aliphatic heterocycles. The van der Waals surface area contributed by atoms with Crippen LogP contribution >= 0.6 is 11.6 Å². The summed E-state index contributed by atoms with van der Waals surface area (Å²) < 4.78 is 2.12. The van der Waals surface area contributed by atoms with Crippen molar-refractivity contribution in [1.82, 2.24) is 9.55 Å². The smallest absolute Gasteiger partial charge is 0.209 e. The Balaban J connectivity index is 1.63. The molecule has 4 aromatic rings. The highest BCUT2D eigenvalue weighted by molar-refractivity contribution is 6.30. The SMILES string of the molecule is Clc1ccc(C2Cc3nc4ccccc4n3C(Nc3ccccc3)=N2)cc1. The highest BCUT2D eigenvalue weighted by atomic mass is 35.5. The van der Waals surface area contributed by atoms with Gasteiger partial charge in [-0.2, -0.15) is 0 Å². The van der Waals surface area contributed by atoms with Gasteiger partial charge in [0.15, 0.2) is 0 Å². The first-order valence-electron chi connectivity index (χ1n) is 8.90. The normalized spacial score (nSPS) is 16.0. The maximum Gasteiger partial charge on any atom is 0.209 e. The van der Waals surface area contributed by atoms with E-state index in [0.717, 1.165) is 45.5 Å². The van der Waals surface area contributed by atoms with Crippen molar-refractivity contribution in [3.8, 4) is 0 Å². The van der Waals surface area contributed by atoms with Crippen molar-refractivity contribution >= 4 is 34.3 Å². The molecule has 3 aromatic carbocycles. The number of hydrogen-bond donors (Lipinski definition) is 1. The third kappa shape index (κ3) is 2.98. The van der Waals surface area contributed by atoms with Gasteiger partial charge in [0, 0.05) is 17.1 Å². The van der Waals surface area contributed by atoms with Crippen LogP contribution in [-0.2, 0) is 6.42 Å². The molecule has 4 nitrogen and oxygen atoms in total. The Hall–Kier alpha value is -3.11. The van der Waals surface area contributed by atoms with Crippen LogP contribution < -0.4 is 5.32 Å². The molecule has 1 atom stereocenters. The van der Waals surface area contributed by atoms with Gasteiger partial charge in [0.1, 0.15) is 5.82 Å². The van der Waals surface area contributed by atoms with Gasteiger partial charge in [-0.3, -0.25) is 4.57 Å². The lowest BCUT2D eigenvalue weighted by Crippen LogP contribution is -2.29. The number of benzene rings is 3. The van der Waals surface area contributed by atoms with E-state index in [9.17, 15) is 0 Å². The topological polar surface area (TPSA) is 42.2 Å². The molecule has 0 amide bonds. The van der Waals surface area contributed by atoms with E-state index in [4.69, 9.17) is 21.6 Å². The predicted molar refractivity (Wildman–Crippen MR) is 111 cm³/mol. The molecule has 1 aromatic heterocycles. The third-order valence-corrected chi connectivity index (χ3v) is 5.03. The van der Waals surface area contributed by atoms with Crippen molar-refractivity contribution in [2.24, 2.45) is 4.99 Å². The van der Waals surface area contributed by atoms with Crippen molar-refractivity contribution in [3.63, 3.8) is 0 Å². The number of aromatic nitrogens is 2. The Morgan fingerprint density at radius 1 is 0.889 bits per heavy atom. The van der Waals surface area contributed by atoms with Crippen molar-refractivity contribution in [1.29, 1.82) is 0 Å². The minimum absolute atomic E-state index is 0.00205. The van der Waals surface area contributed by atoms with Gasteiger partial charge in [-0.05, 0) is 42.0 Å². The predicted octanol–water partition coefficient (Wildman–Crippen LogP) is 5.30. The van der Waals surface area contributed by atoms with Gasteiger partial charge in [0.05, 0.1) is 17.1 Å². The van der Waals surface area contributed by atoms with E-state index in [1.165, 1.54) is 0 Å². The summed E-state index contributed by atoms with van der Waals surface area (Å²) in [6.07, 6.45) is 0.746. The maximum atomic E-state index is 6.06. The Labute approximate surface area is 162 Å². The molecule has 0 bridgehead atoms. The van der Waals surface area contributed by atoms with Crippen LogP contribution in [0, 0.1) is 0 Å². The Bertz CT molecular complexity index is 1130. The Kier molecular flexibility index (Phi) is 3.91. The first kappa shape index (κ1) is 16.1. The van der Waals surface area contributed by atoms with Gasteiger partial charge in [0.25, 0.3) is 0 Å². The van der Waals surface area contributed by atoms with Crippen molar-refractivity contribution in [2.75, 3.05) is 5.32 Å². The molecule has 132 valence electrons. The zero-order chi connectivity index (χ0) is 18.2. The Morgan fingerprint density at radius 3 is 2.44 bits per heavy atom. The molecule has 2 heterocycles. The quantitative estimate of drug-likeness (QED) is 0.518. The summed E-state index contributed by atoms with van der Waals surface area (Å²) in [6, 6.07) is 26.1. The van der Waals surface area contributed by atoms with Gasteiger partial charge >= 0.3 is 0 Å². The number of hydrogen-bond acceptors (Lipinski definition) is 3. The standard InChI is InChI=1S/C22H17ClN4/c23-16-12-10-15(11-13-16)19-14-21-25-18-8-4-5-9-20(18)27(21)22(26-19)24-17-6-2-1-3-7-17/h1-13,19H,14H2,(H,24,26). The molecule has 0 saturated heterocycles. The summed E-state index contributed by atoms with van der Waals surface area (Å²) in [4.78, 5) is 9.88. The molecule has 0 saturated carbocycles. The van der Waals surface area contributed by atoms with E-state index < -0.39 is 0 Å². The minimum atomic E-state index is -0.00205. The van der Waals surface area contributed by atoms with Crippen LogP contribution in [0.5, 0.6) is 0 Å². The van der Waals surface area contributed by atoms with E-state index in [1.807, 2.05) is 72.8 Å². The molecule has 1 N–H and O–H groups in total. The zero-order valence-corrected chi connectivity index (χ0v) is 15.3. The van der Waals surface area contributed by atoms with Crippen LogP contribution in [0.4, 0.5) is 5.69 Å². The molecule has 0 radical (unpaired) electrons. The zero-order valence-electron chi connectivity index (χ0n) is 14.5. The van der Waals surface area contributed by atoms with E-state index in [0.29, 0.717) is 0 Å². The number of imidazole rings is 1. The number of fused-ring (bicyclic) bond motifs is 3. The van der Waals surface area contributed by atoms with Crippen LogP contribution in [0.1, 0.15) is 17.4 Å². The number of para-hydroxylation sites is 3. The monoisotopic (exact) mass is 372 g/mol. The number of halogens is 1. The summed E-state index contributed by atoms with van der Waals surface area (Å²) in [7, 11) is 0. The Morgan fingerprint density at radius 2 is 1.63 bits per heavy atom. The van der Waals surface area contributed by atoms with Crippen LogP contribution in [0.3, 0.4) is 0 Å². The second kappa shape index (κ2) is 6.56. The lowest BCUT2D eigenvalue weighted by atomic mass is 10.0. The van der Waals surface area contributed by atoms with Gasteiger partial charge in [0.2, 0.25) is 5.96 Å². The minimum Gasteiger partial charge on any atom is -0.326 e. The van der Waals surface area contributed by atoms with E-state index in [-0.39, 0.29) is 6.04 Å². The van der Waals surface area contributed by atoms with E-state index >= 15 is 0 Å². The lowest BCUT2D eigenvalue weighted by Gasteiger charge is -2.24. The van der Waals surface area contributed by atoms with Gasteiger partial charge in [-0.25, -0.2) is 9.98 Å². The number of nitrogens with zero attached hydrogens (tertiary/aromatic N) is 3. The van der Waals surface area contributed by atoms with Crippen LogP contribution in [0.25, 0.3) is 11.0 Å². The summed E-state index contributed by atoms with van der Waals surface area (Å²) in [5.74, 6) is 1.79. The molecule has 0 fully saturated rings. The van der Waals surface area contributed by atoms with Crippen molar-refractivity contribution in [2.45, 2.75) is 12.5 Å². The molecule has 27 heavy (non-hydrogen) atoms. The largest absolute Gasteiger partial charge is 0.326 e. The fourth-order valence-electron chi connectivity index (χ4n) is 3.49. The van der Waals surface area contributed by atoms with Crippen LogP contribution in [0.2, 0.25) is 5.02 Å². The molecule has 5 rings (SSSR count). The van der Waals surface area contributed by atoms with E-state index in [2.05, 4.69) is 16.0 Å². The second-order valence-electron chi connectivity index (χ2n) is 6.57. The highest BCUT2D eigenvalue weighted by Gasteiger charge is 2.25. The van der Waals surface area contributed by atoms with Gasteiger partial charge in [-0.1, -0.05) is 54.1 Å². The number of anilines is 1. The average molecular weight is 373 g/mol. The van der Waals surface area contributed by atoms with Crippen molar-refractivity contribution < 1.29 is 0 Å². The lowest BCUT2D eigenvalue weighted by molar-refractivity contribution is 0.657. The number of rotatable bonds is 2. The number of aliphatic imine (C=N–C) groups is 1. The van der Waals surface area contributed by atoms with Crippen LogP contribution in [-0.4, -0.2) is 15.5 Å².